The van der Waals surface area contributed by atoms with Crippen molar-refractivity contribution in [2.75, 3.05) is 5.73 Å². The third-order valence-corrected chi connectivity index (χ3v) is 4.39. The van der Waals surface area contributed by atoms with E-state index in [2.05, 4.69) is 23.7 Å². The number of nitrogens with two attached hydrogens (primary N) is 1. The summed E-state index contributed by atoms with van der Waals surface area (Å²) >= 11 is 1.73. The zero-order chi connectivity index (χ0) is 15.2. The molecule has 2 aromatic rings. The fraction of sp³-hybridized carbons (Fsp3) is 0.353. The number of anilines is 1. The maximum atomic E-state index is 12.1. The van der Waals surface area contributed by atoms with Gasteiger partial charge in [0.15, 0.2) is 0 Å². The topological polar surface area (TPSA) is 55.1 Å². The molecule has 1 amide bonds. The Morgan fingerprint density at radius 3 is 2.57 bits per heavy atom. The number of carbonyl (C=O) groups is 1. The predicted molar refractivity (Wildman–Crippen MR) is 89.5 cm³/mol. The summed E-state index contributed by atoms with van der Waals surface area (Å²) in [5.74, 6) is 0.294. The van der Waals surface area contributed by atoms with Crippen LogP contribution in [0.3, 0.4) is 0 Å². The first kappa shape index (κ1) is 15.6. The maximum absolute atomic E-state index is 12.1. The van der Waals surface area contributed by atoms with Crippen LogP contribution in [0.15, 0.2) is 41.8 Å². The van der Waals surface area contributed by atoms with Crippen LogP contribution in [0.5, 0.6) is 0 Å². The van der Waals surface area contributed by atoms with Crippen molar-refractivity contribution < 1.29 is 4.79 Å². The summed E-state index contributed by atoms with van der Waals surface area (Å²) in [5, 5.41) is 5.14. The quantitative estimate of drug-likeness (QED) is 0.801. The summed E-state index contributed by atoms with van der Waals surface area (Å²) in [4.78, 5) is 13.4. The molecule has 2 unspecified atom stereocenters. The van der Waals surface area contributed by atoms with Crippen LogP contribution in [0.1, 0.15) is 36.6 Å². The van der Waals surface area contributed by atoms with E-state index in [1.807, 2.05) is 37.3 Å². The normalized spacial score (nSPS) is 13.6. The monoisotopic (exact) mass is 302 g/mol. The Hall–Kier alpha value is -1.81. The molecule has 3 nitrogen and oxygen atoms in total. The predicted octanol–water partition coefficient (Wildman–Crippen LogP) is 3.57. The highest BCUT2D eigenvalue weighted by atomic mass is 32.1. The number of hydrogen-bond donors (Lipinski definition) is 2. The zero-order valence-electron chi connectivity index (χ0n) is 12.5. The van der Waals surface area contributed by atoms with Crippen LogP contribution in [0.25, 0.3) is 0 Å². The maximum Gasteiger partial charge on any atom is 0.220 e. The van der Waals surface area contributed by atoms with Crippen LogP contribution in [0.4, 0.5) is 5.69 Å². The van der Waals surface area contributed by atoms with E-state index < -0.39 is 0 Å². The van der Waals surface area contributed by atoms with Crippen molar-refractivity contribution in [2.24, 2.45) is 0 Å². The zero-order valence-corrected chi connectivity index (χ0v) is 13.3. The number of hydrogen-bond acceptors (Lipinski definition) is 3. The molecule has 2 atom stereocenters. The summed E-state index contributed by atoms with van der Waals surface area (Å²) in [6, 6.07) is 12.0. The standard InChI is InChI=1S/C17H22N2OS/c1-12(14-5-7-15(18)8-6-14)10-17(20)19-13(2)11-16-4-3-9-21-16/h3-9,12-13H,10-11,18H2,1-2H3,(H,19,20). The lowest BCUT2D eigenvalue weighted by Gasteiger charge is -2.16. The van der Waals surface area contributed by atoms with Crippen LogP contribution in [-0.2, 0) is 11.2 Å². The summed E-state index contributed by atoms with van der Waals surface area (Å²) < 4.78 is 0. The highest BCUT2D eigenvalue weighted by molar-refractivity contribution is 7.09. The molecule has 0 bridgehead atoms. The summed E-state index contributed by atoms with van der Waals surface area (Å²) in [6.45, 7) is 4.11. The third kappa shape index (κ3) is 4.90. The molecule has 0 saturated carbocycles. The first-order valence-electron chi connectivity index (χ1n) is 7.21. The van der Waals surface area contributed by atoms with Gasteiger partial charge in [-0.05, 0) is 42.0 Å². The molecule has 1 heterocycles. The van der Waals surface area contributed by atoms with Crippen LogP contribution in [0.2, 0.25) is 0 Å². The molecule has 0 saturated heterocycles. The summed E-state index contributed by atoms with van der Waals surface area (Å²) in [7, 11) is 0. The molecule has 2 rings (SSSR count). The minimum absolute atomic E-state index is 0.100. The molecule has 0 radical (unpaired) electrons. The van der Waals surface area contributed by atoms with Crippen molar-refractivity contribution in [3.05, 3.63) is 52.2 Å². The second-order valence-corrected chi connectivity index (χ2v) is 6.56. The Bertz CT molecular complexity index is 563. The van der Waals surface area contributed by atoms with Gasteiger partial charge in [-0.2, -0.15) is 0 Å². The summed E-state index contributed by atoms with van der Waals surface area (Å²) in [5.41, 5.74) is 7.57. The van der Waals surface area contributed by atoms with Crippen LogP contribution < -0.4 is 11.1 Å². The van der Waals surface area contributed by atoms with E-state index in [0.29, 0.717) is 6.42 Å². The molecular weight excluding hydrogens is 280 g/mol. The number of nitrogens with one attached hydrogen (secondary N) is 1. The Labute approximate surface area is 130 Å². The molecule has 112 valence electrons. The molecule has 0 aliphatic carbocycles. The number of thiophene rings is 1. The van der Waals surface area contributed by atoms with E-state index in [-0.39, 0.29) is 17.9 Å². The smallest absolute Gasteiger partial charge is 0.220 e. The molecule has 3 N–H and O–H groups in total. The average molecular weight is 302 g/mol. The first-order valence-corrected chi connectivity index (χ1v) is 8.09. The number of carbonyl (C=O) groups excluding carboxylic acids is 1. The average Bonchev–Trinajstić information content (AvgIpc) is 2.91. The molecule has 4 heteroatoms. The van der Waals surface area contributed by atoms with Gasteiger partial charge < -0.3 is 11.1 Å². The second kappa shape index (κ2) is 7.27. The number of amides is 1. The van der Waals surface area contributed by atoms with E-state index in [4.69, 9.17) is 5.73 Å². The van der Waals surface area contributed by atoms with Crippen molar-refractivity contribution in [3.63, 3.8) is 0 Å². The molecule has 0 spiro atoms. The Kier molecular flexibility index (Phi) is 5.39. The molecule has 0 aliphatic heterocycles. The Morgan fingerprint density at radius 1 is 1.24 bits per heavy atom. The number of benzene rings is 1. The molecule has 1 aromatic heterocycles. The Morgan fingerprint density at radius 2 is 1.95 bits per heavy atom. The van der Waals surface area contributed by atoms with Gasteiger partial charge in [0.25, 0.3) is 0 Å². The van der Waals surface area contributed by atoms with Crippen molar-refractivity contribution in [1.29, 1.82) is 0 Å². The van der Waals surface area contributed by atoms with Gasteiger partial charge in [0.05, 0.1) is 0 Å². The molecular formula is C17H22N2OS. The number of nitrogen functional groups attached to an aromatic ring is 1. The first-order chi connectivity index (χ1) is 10.0. The molecule has 1 aromatic carbocycles. The van der Waals surface area contributed by atoms with Gasteiger partial charge in [-0.1, -0.05) is 25.1 Å². The lowest BCUT2D eigenvalue weighted by Crippen LogP contribution is -2.34. The van der Waals surface area contributed by atoms with Crippen molar-refractivity contribution in [1.82, 2.24) is 5.32 Å². The minimum Gasteiger partial charge on any atom is -0.399 e. The fourth-order valence-electron chi connectivity index (χ4n) is 2.34. The minimum atomic E-state index is 0.100. The van der Waals surface area contributed by atoms with E-state index in [1.54, 1.807) is 11.3 Å². The lowest BCUT2D eigenvalue weighted by molar-refractivity contribution is -0.122. The fourth-order valence-corrected chi connectivity index (χ4v) is 3.17. The van der Waals surface area contributed by atoms with Gasteiger partial charge in [-0.3, -0.25) is 4.79 Å². The van der Waals surface area contributed by atoms with Gasteiger partial charge >= 0.3 is 0 Å². The highest BCUT2D eigenvalue weighted by Crippen LogP contribution is 2.20. The van der Waals surface area contributed by atoms with Crippen molar-refractivity contribution >= 4 is 22.9 Å². The van der Waals surface area contributed by atoms with Crippen LogP contribution >= 0.6 is 11.3 Å². The van der Waals surface area contributed by atoms with Gasteiger partial charge in [0.1, 0.15) is 0 Å². The number of rotatable bonds is 6. The van der Waals surface area contributed by atoms with Crippen molar-refractivity contribution in [3.8, 4) is 0 Å². The molecule has 0 fully saturated rings. The van der Waals surface area contributed by atoms with Gasteiger partial charge in [-0.15, -0.1) is 11.3 Å². The third-order valence-electron chi connectivity index (χ3n) is 3.49. The molecule has 0 aliphatic rings. The van der Waals surface area contributed by atoms with Crippen molar-refractivity contribution in [2.45, 2.75) is 38.6 Å². The van der Waals surface area contributed by atoms with E-state index in [9.17, 15) is 4.79 Å². The van der Waals surface area contributed by atoms with Gasteiger partial charge in [-0.25, -0.2) is 0 Å². The highest BCUT2D eigenvalue weighted by Gasteiger charge is 2.13. The van der Waals surface area contributed by atoms with E-state index in [1.165, 1.54) is 4.88 Å². The summed E-state index contributed by atoms with van der Waals surface area (Å²) in [6.07, 6.45) is 1.39. The lowest BCUT2D eigenvalue weighted by atomic mass is 9.97. The second-order valence-electron chi connectivity index (χ2n) is 5.52. The van der Waals surface area contributed by atoms with Gasteiger partial charge in [0.2, 0.25) is 5.91 Å². The van der Waals surface area contributed by atoms with E-state index in [0.717, 1.165) is 17.7 Å². The largest absolute Gasteiger partial charge is 0.399 e. The van der Waals surface area contributed by atoms with E-state index >= 15 is 0 Å². The van der Waals surface area contributed by atoms with Crippen LogP contribution in [0, 0.1) is 0 Å². The Balaban J connectivity index is 1.82. The SMILES string of the molecule is CC(Cc1cccs1)NC(=O)CC(C)c1ccc(N)cc1. The van der Waals surface area contributed by atoms with Gasteiger partial charge in [0, 0.05) is 29.4 Å². The van der Waals surface area contributed by atoms with Crippen LogP contribution in [-0.4, -0.2) is 11.9 Å². The molecule has 21 heavy (non-hydrogen) atoms.